The van der Waals surface area contributed by atoms with E-state index in [1.807, 2.05) is 0 Å². The zero-order valence-electron chi connectivity index (χ0n) is 12.9. The Hall–Kier alpha value is -0.120. The highest BCUT2D eigenvalue weighted by atomic mass is 16.5. The van der Waals surface area contributed by atoms with Crippen molar-refractivity contribution in [3.05, 3.63) is 0 Å². The molecule has 1 atom stereocenters. The standard InChI is InChI=1S/C16H32N2O/c1-3-7-15-13-18(10-12-19-11-4-2)16(14-17-15)8-5-6-9-16/h15,17H,3-14H2,1-2H3. The zero-order chi connectivity index (χ0) is 13.6. The van der Waals surface area contributed by atoms with E-state index in [0.29, 0.717) is 11.6 Å². The summed E-state index contributed by atoms with van der Waals surface area (Å²) in [6.45, 7) is 9.85. The van der Waals surface area contributed by atoms with E-state index in [9.17, 15) is 0 Å². The maximum atomic E-state index is 5.72. The number of ether oxygens (including phenoxy) is 1. The van der Waals surface area contributed by atoms with Gasteiger partial charge in [-0.1, -0.05) is 33.1 Å². The molecule has 3 heteroatoms. The SMILES string of the molecule is CCCOCCN1CC(CCC)NCC12CCCC2. The Morgan fingerprint density at radius 3 is 2.63 bits per heavy atom. The fourth-order valence-corrected chi connectivity index (χ4v) is 3.79. The fourth-order valence-electron chi connectivity index (χ4n) is 3.79. The normalized spacial score (nSPS) is 27.2. The summed E-state index contributed by atoms with van der Waals surface area (Å²) in [7, 11) is 0. The first-order valence-electron chi connectivity index (χ1n) is 8.37. The first kappa shape index (κ1) is 15.3. The summed E-state index contributed by atoms with van der Waals surface area (Å²) in [5, 5.41) is 3.80. The maximum Gasteiger partial charge on any atom is 0.0593 e. The molecule has 1 heterocycles. The van der Waals surface area contributed by atoms with Gasteiger partial charge in [0.05, 0.1) is 6.61 Å². The van der Waals surface area contributed by atoms with Gasteiger partial charge < -0.3 is 10.1 Å². The number of nitrogens with zero attached hydrogens (tertiary/aromatic N) is 1. The molecule has 0 radical (unpaired) electrons. The summed E-state index contributed by atoms with van der Waals surface area (Å²) in [6.07, 6.45) is 9.30. The van der Waals surface area contributed by atoms with E-state index in [-0.39, 0.29) is 0 Å². The van der Waals surface area contributed by atoms with Crippen molar-refractivity contribution >= 4 is 0 Å². The molecule has 112 valence electrons. The van der Waals surface area contributed by atoms with E-state index in [2.05, 4.69) is 24.1 Å². The Morgan fingerprint density at radius 1 is 1.16 bits per heavy atom. The summed E-state index contributed by atoms with van der Waals surface area (Å²) in [4.78, 5) is 2.76. The molecule has 2 rings (SSSR count). The van der Waals surface area contributed by atoms with Gasteiger partial charge in [-0.15, -0.1) is 0 Å². The quantitative estimate of drug-likeness (QED) is 0.719. The number of rotatable bonds is 7. The van der Waals surface area contributed by atoms with Gasteiger partial charge in [0.15, 0.2) is 0 Å². The third-order valence-corrected chi connectivity index (χ3v) is 4.86. The Kier molecular flexibility index (Phi) is 6.11. The minimum absolute atomic E-state index is 0.458. The van der Waals surface area contributed by atoms with Crippen molar-refractivity contribution in [2.24, 2.45) is 0 Å². The molecule has 1 saturated heterocycles. The summed E-state index contributed by atoms with van der Waals surface area (Å²) >= 11 is 0. The van der Waals surface area contributed by atoms with Gasteiger partial charge in [-0.05, 0) is 25.7 Å². The molecule has 1 aliphatic heterocycles. The first-order valence-corrected chi connectivity index (χ1v) is 8.37. The average molecular weight is 268 g/mol. The van der Waals surface area contributed by atoms with Crippen LogP contribution < -0.4 is 5.32 Å². The molecule has 1 spiro atoms. The topological polar surface area (TPSA) is 24.5 Å². The Balaban J connectivity index is 1.87. The van der Waals surface area contributed by atoms with Gasteiger partial charge in [-0.2, -0.15) is 0 Å². The van der Waals surface area contributed by atoms with Crippen LogP contribution in [0, 0.1) is 0 Å². The molecule has 1 unspecified atom stereocenters. The minimum Gasteiger partial charge on any atom is -0.380 e. The van der Waals surface area contributed by atoms with Gasteiger partial charge >= 0.3 is 0 Å². The highest BCUT2D eigenvalue weighted by molar-refractivity contribution is 5.01. The highest BCUT2D eigenvalue weighted by Gasteiger charge is 2.42. The molecule has 3 nitrogen and oxygen atoms in total. The first-order chi connectivity index (χ1) is 9.30. The second kappa shape index (κ2) is 7.61. The molecule has 0 aromatic heterocycles. The summed E-state index contributed by atoms with van der Waals surface area (Å²) in [5.41, 5.74) is 0.458. The lowest BCUT2D eigenvalue weighted by Gasteiger charge is -2.48. The van der Waals surface area contributed by atoms with E-state index < -0.39 is 0 Å². The molecule has 0 bridgehead atoms. The van der Waals surface area contributed by atoms with Crippen molar-refractivity contribution in [2.45, 2.75) is 70.4 Å². The van der Waals surface area contributed by atoms with Crippen LogP contribution in [0.5, 0.6) is 0 Å². The van der Waals surface area contributed by atoms with Gasteiger partial charge in [0.25, 0.3) is 0 Å². The van der Waals surface area contributed by atoms with Crippen molar-refractivity contribution in [3.8, 4) is 0 Å². The minimum atomic E-state index is 0.458. The lowest BCUT2D eigenvalue weighted by molar-refractivity contribution is 0.0116. The van der Waals surface area contributed by atoms with E-state index >= 15 is 0 Å². The molecule has 1 saturated carbocycles. The predicted molar refractivity (Wildman–Crippen MR) is 80.6 cm³/mol. The number of hydrogen-bond donors (Lipinski definition) is 1. The highest BCUT2D eigenvalue weighted by Crippen LogP contribution is 2.37. The van der Waals surface area contributed by atoms with E-state index in [0.717, 1.165) is 26.2 Å². The number of piperazine rings is 1. The van der Waals surface area contributed by atoms with Gasteiger partial charge in [-0.3, -0.25) is 4.90 Å². The fraction of sp³-hybridized carbons (Fsp3) is 1.00. The van der Waals surface area contributed by atoms with Gasteiger partial charge in [0.1, 0.15) is 0 Å². The molecular formula is C16H32N2O. The molecule has 0 aromatic carbocycles. The Labute approximate surface area is 119 Å². The second-order valence-corrected chi connectivity index (χ2v) is 6.36. The van der Waals surface area contributed by atoms with Gasteiger partial charge in [0.2, 0.25) is 0 Å². The van der Waals surface area contributed by atoms with Crippen molar-refractivity contribution in [3.63, 3.8) is 0 Å². The van der Waals surface area contributed by atoms with Crippen molar-refractivity contribution < 1.29 is 4.74 Å². The molecule has 2 aliphatic rings. The van der Waals surface area contributed by atoms with Crippen LogP contribution in [0.1, 0.15) is 58.8 Å². The third kappa shape index (κ3) is 3.93. The van der Waals surface area contributed by atoms with Crippen LogP contribution >= 0.6 is 0 Å². The van der Waals surface area contributed by atoms with Crippen molar-refractivity contribution in [1.29, 1.82) is 0 Å². The summed E-state index contributed by atoms with van der Waals surface area (Å²) < 4.78 is 5.72. The van der Waals surface area contributed by atoms with Crippen LogP contribution in [0.4, 0.5) is 0 Å². The molecule has 19 heavy (non-hydrogen) atoms. The number of nitrogens with one attached hydrogen (secondary N) is 1. The van der Waals surface area contributed by atoms with Gasteiger partial charge in [0, 0.05) is 37.8 Å². The monoisotopic (exact) mass is 268 g/mol. The molecule has 1 aliphatic carbocycles. The smallest absolute Gasteiger partial charge is 0.0593 e. The average Bonchev–Trinajstić information content (AvgIpc) is 2.88. The largest absolute Gasteiger partial charge is 0.380 e. The van der Waals surface area contributed by atoms with Crippen LogP contribution in [0.2, 0.25) is 0 Å². The third-order valence-electron chi connectivity index (χ3n) is 4.86. The van der Waals surface area contributed by atoms with Crippen molar-refractivity contribution in [1.82, 2.24) is 10.2 Å². The van der Waals surface area contributed by atoms with Crippen molar-refractivity contribution in [2.75, 3.05) is 32.8 Å². The van der Waals surface area contributed by atoms with Crippen LogP contribution in [0.25, 0.3) is 0 Å². The van der Waals surface area contributed by atoms with Crippen LogP contribution in [-0.2, 0) is 4.74 Å². The van der Waals surface area contributed by atoms with E-state index in [1.54, 1.807) is 0 Å². The molecule has 0 amide bonds. The lowest BCUT2D eigenvalue weighted by atomic mass is 9.90. The van der Waals surface area contributed by atoms with Crippen LogP contribution in [-0.4, -0.2) is 49.3 Å². The Bertz CT molecular complexity index is 251. The zero-order valence-corrected chi connectivity index (χ0v) is 12.9. The molecular weight excluding hydrogens is 236 g/mol. The molecule has 1 N–H and O–H groups in total. The Morgan fingerprint density at radius 2 is 1.95 bits per heavy atom. The summed E-state index contributed by atoms with van der Waals surface area (Å²) in [5.74, 6) is 0. The lowest BCUT2D eigenvalue weighted by Crippen LogP contribution is -2.64. The van der Waals surface area contributed by atoms with Crippen LogP contribution in [0.3, 0.4) is 0 Å². The summed E-state index contributed by atoms with van der Waals surface area (Å²) in [6, 6.07) is 0.697. The van der Waals surface area contributed by atoms with E-state index in [4.69, 9.17) is 4.74 Å². The maximum absolute atomic E-state index is 5.72. The second-order valence-electron chi connectivity index (χ2n) is 6.36. The number of hydrogen-bond acceptors (Lipinski definition) is 3. The molecule has 2 fully saturated rings. The van der Waals surface area contributed by atoms with Crippen LogP contribution in [0.15, 0.2) is 0 Å². The molecule has 0 aromatic rings. The van der Waals surface area contributed by atoms with E-state index in [1.165, 1.54) is 51.6 Å². The predicted octanol–water partition coefficient (Wildman–Crippen LogP) is 2.80. The van der Waals surface area contributed by atoms with Gasteiger partial charge in [-0.25, -0.2) is 0 Å².